The summed E-state index contributed by atoms with van der Waals surface area (Å²) in [5, 5.41) is 0.253. The Morgan fingerprint density at radius 1 is 1.14 bits per heavy atom. The van der Waals surface area contributed by atoms with Crippen molar-refractivity contribution in [3.8, 4) is 11.5 Å². The number of carbonyl (C=O) groups is 3. The number of piperidine rings is 1. The highest BCUT2D eigenvalue weighted by Crippen LogP contribution is 2.38. The second-order valence-electron chi connectivity index (χ2n) is 6.82. The van der Waals surface area contributed by atoms with Crippen LogP contribution in [0.3, 0.4) is 0 Å². The fourth-order valence-corrected chi connectivity index (χ4v) is 3.54. The minimum atomic E-state index is -0.669. The van der Waals surface area contributed by atoms with Crippen molar-refractivity contribution in [1.29, 1.82) is 0 Å². The standard InChI is InChI=1S/C20H24ClNO7/c1-2-26-19(24)13-4-6-22(7-5-13)17(23)12-29-20(25)14-10-15(21)18-16(11-14)27-8-3-9-28-18/h10-11,13H,2-9,12H2,1H3. The molecule has 0 atom stereocenters. The first-order chi connectivity index (χ1) is 14.0. The van der Waals surface area contributed by atoms with Crippen LogP contribution in [0, 0.1) is 5.92 Å². The molecule has 0 aliphatic carbocycles. The minimum absolute atomic E-state index is 0.188. The summed E-state index contributed by atoms with van der Waals surface area (Å²) < 4.78 is 21.3. The average molecular weight is 426 g/mol. The van der Waals surface area contributed by atoms with Gasteiger partial charge in [-0.1, -0.05) is 11.6 Å². The van der Waals surface area contributed by atoms with Crippen LogP contribution in [0.4, 0.5) is 0 Å². The first-order valence-electron chi connectivity index (χ1n) is 9.70. The van der Waals surface area contributed by atoms with Crippen LogP contribution >= 0.6 is 11.6 Å². The highest BCUT2D eigenvalue weighted by molar-refractivity contribution is 6.32. The van der Waals surface area contributed by atoms with E-state index in [2.05, 4.69) is 0 Å². The first-order valence-corrected chi connectivity index (χ1v) is 10.1. The molecule has 2 aliphatic rings. The lowest BCUT2D eigenvalue weighted by Crippen LogP contribution is -2.42. The summed E-state index contributed by atoms with van der Waals surface area (Å²) in [6.45, 7) is 3.53. The lowest BCUT2D eigenvalue weighted by Gasteiger charge is -2.30. The molecule has 2 aliphatic heterocycles. The number of ether oxygens (including phenoxy) is 4. The van der Waals surface area contributed by atoms with E-state index in [0.717, 1.165) is 0 Å². The van der Waals surface area contributed by atoms with E-state index in [1.807, 2.05) is 0 Å². The number of likely N-dealkylation sites (tertiary alicyclic amines) is 1. The van der Waals surface area contributed by atoms with E-state index < -0.39 is 5.97 Å². The number of halogens is 1. The van der Waals surface area contributed by atoms with Crippen LogP contribution < -0.4 is 9.47 Å². The third-order valence-corrected chi connectivity index (χ3v) is 5.11. The maximum atomic E-state index is 12.4. The van der Waals surface area contributed by atoms with Crippen LogP contribution in [-0.2, 0) is 19.1 Å². The van der Waals surface area contributed by atoms with Gasteiger partial charge in [-0.25, -0.2) is 4.79 Å². The summed E-state index contributed by atoms with van der Waals surface area (Å²) in [6, 6.07) is 2.94. The van der Waals surface area contributed by atoms with E-state index in [0.29, 0.717) is 63.7 Å². The number of hydrogen-bond donors (Lipinski definition) is 0. The number of benzene rings is 1. The highest BCUT2D eigenvalue weighted by Gasteiger charge is 2.28. The molecule has 1 aromatic carbocycles. The van der Waals surface area contributed by atoms with Crippen molar-refractivity contribution in [2.24, 2.45) is 5.92 Å². The predicted molar refractivity (Wildman–Crippen MR) is 103 cm³/mol. The van der Waals surface area contributed by atoms with Gasteiger partial charge in [0, 0.05) is 19.5 Å². The van der Waals surface area contributed by atoms with Gasteiger partial charge in [-0.2, -0.15) is 0 Å². The fourth-order valence-electron chi connectivity index (χ4n) is 3.28. The van der Waals surface area contributed by atoms with E-state index >= 15 is 0 Å². The third-order valence-electron chi connectivity index (χ3n) is 4.83. The first kappa shape index (κ1) is 21.2. The van der Waals surface area contributed by atoms with E-state index in [1.54, 1.807) is 11.8 Å². The molecule has 0 spiro atoms. The smallest absolute Gasteiger partial charge is 0.338 e. The van der Waals surface area contributed by atoms with Crippen LogP contribution in [0.1, 0.15) is 36.5 Å². The average Bonchev–Trinajstić information content (AvgIpc) is 2.98. The number of esters is 2. The summed E-state index contributed by atoms with van der Waals surface area (Å²) >= 11 is 6.18. The van der Waals surface area contributed by atoms with Gasteiger partial charge in [-0.15, -0.1) is 0 Å². The number of rotatable bonds is 5. The van der Waals surface area contributed by atoms with Crippen molar-refractivity contribution >= 4 is 29.4 Å². The number of fused-ring (bicyclic) bond motifs is 1. The monoisotopic (exact) mass is 425 g/mol. The summed E-state index contributed by atoms with van der Waals surface area (Å²) in [4.78, 5) is 38.1. The van der Waals surface area contributed by atoms with Crippen molar-refractivity contribution in [2.75, 3.05) is 39.5 Å². The van der Waals surface area contributed by atoms with E-state index in [4.69, 9.17) is 30.5 Å². The Kier molecular flexibility index (Phi) is 7.19. The van der Waals surface area contributed by atoms with Gasteiger partial charge in [-0.3, -0.25) is 9.59 Å². The Morgan fingerprint density at radius 3 is 2.59 bits per heavy atom. The van der Waals surface area contributed by atoms with Crippen molar-refractivity contribution in [3.05, 3.63) is 22.7 Å². The molecule has 2 heterocycles. The quantitative estimate of drug-likeness (QED) is 0.669. The number of hydrogen-bond acceptors (Lipinski definition) is 7. The summed E-state index contributed by atoms with van der Waals surface area (Å²) in [5.74, 6) is -0.600. The minimum Gasteiger partial charge on any atom is -0.489 e. The second kappa shape index (κ2) is 9.82. The largest absolute Gasteiger partial charge is 0.489 e. The van der Waals surface area contributed by atoms with Gasteiger partial charge in [0.2, 0.25) is 0 Å². The molecule has 1 amide bonds. The summed E-state index contributed by atoms with van der Waals surface area (Å²) in [6.07, 6.45) is 1.79. The zero-order chi connectivity index (χ0) is 20.8. The highest BCUT2D eigenvalue weighted by atomic mass is 35.5. The molecule has 158 valence electrons. The van der Waals surface area contributed by atoms with Crippen LogP contribution in [0.5, 0.6) is 11.5 Å². The maximum Gasteiger partial charge on any atom is 0.338 e. The molecule has 0 N–H and O–H groups in total. The van der Waals surface area contributed by atoms with E-state index in [-0.39, 0.29) is 35.0 Å². The van der Waals surface area contributed by atoms with Crippen molar-refractivity contribution in [2.45, 2.75) is 26.2 Å². The van der Waals surface area contributed by atoms with Gasteiger partial charge in [-0.05, 0) is 31.9 Å². The Hall–Kier alpha value is -2.48. The topological polar surface area (TPSA) is 91.4 Å². The zero-order valence-corrected chi connectivity index (χ0v) is 17.0. The number of nitrogens with zero attached hydrogens (tertiary/aromatic N) is 1. The Labute approximate surface area is 174 Å². The molecule has 9 heteroatoms. The molecule has 3 rings (SSSR count). The molecule has 0 radical (unpaired) electrons. The van der Waals surface area contributed by atoms with Crippen LogP contribution in [-0.4, -0.2) is 62.3 Å². The molecule has 1 aromatic rings. The lowest BCUT2D eigenvalue weighted by molar-refractivity contribution is -0.151. The van der Waals surface area contributed by atoms with Crippen LogP contribution in [0.2, 0.25) is 5.02 Å². The number of amides is 1. The van der Waals surface area contributed by atoms with Gasteiger partial charge in [0.15, 0.2) is 18.1 Å². The molecule has 0 unspecified atom stereocenters. The molecular formula is C20H24ClNO7. The zero-order valence-electron chi connectivity index (χ0n) is 16.3. The summed E-state index contributed by atoms with van der Waals surface area (Å²) in [7, 11) is 0. The molecule has 29 heavy (non-hydrogen) atoms. The molecule has 0 saturated carbocycles. The van der Waals surface area contributed by atoms with Crippen molar-refractivity contribution < 1.29 is 33.3 Å². The Balaban J connectivity index is 1.52. The molecular weight excluding hydrogens is 402 g/mol. The van der Waals surface area contributed by atoms with Gasteiger partial charge < -0.3 is 23.8 Å². The number of carbonyl (C=O) groups excluding carboxylic acids is 3. The van der Waals surface area contributed by atoms with Crippen molar-refractivity contribution in [1.82, 2.24) is 4.90 Å². The maximum absolute atomic E-state index is 12.4. The van der Waals surface area contributed by atoms with Crippen LogP contribution in [0.25, 0.3) is 0 Å². The molecule has 1 fully saturated rings. The molecule has 8 nitrogen and oxygen atoms in total. The molecule has 0 aromatic heterocycles. The van der Waals surface area contributed by atoms with E-state index in [1.165, 1.54) is 12.1 Å². The van der Waals surface area contributed by atoms with Gasteiger partial charge in [0.05, 0.1) is 36.3 Å². The van der Waals surface area contributed by atoms with Gasteiger partial charge in [0.25, 0.3) is 5.91 Å². The lowest BCUT2D eigenvalue weighted by atomic mass is 9.97. The normalized spacial score (nSPS) is 16.7. The molecule has 1 saturated heterocycles. The van der Waals surface area contributed by atoms with E-state index in [9.17, 15) is 14.4 Å². The van der Waals surface area contributed by atoms with Crippen molar-refractivity contribution in [3.63, 3.8) is 0 Å². The van der Waals surface area contributed by atoms with Gasteiger partial charge in [0.1, 0.15) is 0 Å². The van der Waals surface area contributed by atoms with Crippen LogP contribution in [0.15, 0.2) is 12.1 Å². The second-order valence-corrected chi connectivity index (χ2v) is 7.23. The Morgan fingerprint density at radius 2 is 1.86 bits per heavy atom. The SMILES string of the molecule is CCOC(=O)C1CCN(C(=O)COC(=O)c2cc(Cl)c3c(c2)OCCCO3)CC1. The Bertz CT molecular complexity index is 774. The summed E-state index contributed by atoms with van der Waals surface area (Å²) in [5.41, 5.74) is 0.188. The van der Waals surface area contributed by atoms with Gasteiger partial charge >= 0.3 is 11.9 Å². The third kappa shape index (κ3) is 5.32. The molecule has 0 bridgehead atoms. The fraction of sp³-hybridized carbons (Fsp3) is 0.550. The predicted octanol–water partition coefficient (Wildman–Crippen LogP) is 2.46.